The van der Waals surface area contributed by atoms with Gasteiger partial charge in [-0.15, -0.1) is 11.8 Å². The first kappa shape index (κ1) is 19.6. The Morgan fingerprint density at radius 2 is 1.65 bits per heavy atom. The van der Waals surface area contributed by atoms with Gasteiger partial charge in [-0.2, -0.15) is 0 Å². The summed E-state index contributed by atoms with van der Waals surface area (Å²) in [4.78, 5) is 42.3. The highest BCUT2D eigenvalue weighted by Crippen LogP contribution is 2.38. The van der Waals surface area contributed by atoms with Crippen molar-refractivity contribution in [1.29, 1.82) is 0 Å². The van der Waals surface area contributed by atoms with Gasteiger partial charge in [0.15, 0.2) is 5.50 Å². The summed E-state index contributed by atoms with van der Waals surface area (Å²) in [5.41, 5.74) is 2.55. The molecule has 0 aliphatic carbocycles. The normalized spacial score (nSPS) is 17.1. The molecule has 0 unspecified atom stereocenters. The molecule has 0 bridgehead atoms. The van der Waals surface area contributed by atoms with Crippen molar-refractivity contribution in [2.45, 2.75) is 18.8 Å². The lowest BCUT2D eigenvalue weighted by Crippen LogP contribution is -2.44. The number of amides is 3. The van der Waals surface area contributed by atoms with Crippen LogP contribution in [0.15, 0.2) is 60.7 Å². The molecule has 0 aromatic heterocycles. The molecule has 0 saturated carbocycles. The number of imide groups is 1. The van der Waals surface area contributed by atoms with Gasteiger partial charge in [0.2, 0.25) is 5.91 Å². The van der Waals surface area contributed by atoms with E-state index in [-0.39, 0.29) is 36.2 Å². The number of hydrogen-bond acceptors (Lipinski definition) is 5. The molecule has 3 aromatic rings. The van der Waals surface area contributed by atoms with Gasteiger partial charge >= 0.3 is 0 Å². The summed E-state index contributed by atoms with van der Waals surface area (Å²) in [6, 6.07) is 18.6. The molecule has 0 fully saturated rings. The van der Waals surface area contributed by atoms with Crippen LogP contribution in [0.5, 0.6) is 0 Å². The Kier molecular flexibility index (Phi) is 4.90. The Morgan fingerprint density at radius 1 is 0.968 bits per heavy atom. The predicted molar refractivity (Wildman–Crippen MR) is 123 cm³/mol. The quantitative estimate of drug-likeness (QED) is 0.609. The summed E-state index contributed by atoms with van der Waals surface area (Å²) >= 11 is 1.63. The molecule has 0 spiro atoms. The second kappa shape index (κ2) is 7.74. The van der Waals surface area contributed by atoms with Gasteiger partial charge in [-0.3, -0.25) is 24.2 Å². The number of benzene rings is 3. The monoisotopic (exact) mass is 431 g/mol. The molecule has 2 heterocycles. The maximum absolute atomic E-state index is 13.2. The van der Waals surface area contributed by atoms with E-state index in [0.29, 0.717) is 16.5 Å². The van der Waals surface area contributed by atoms with Gasteiger partial charge in [0.1, 0.15) is 0 Å². The zero-order valence-corrected chi connectivity index (χ0v) is 17.8. The molecule has 3 amide bonds. The molecule has 5 rings (SSSR count). The first-order valence-corrected chi connectivity index (χ1v) is 11.3. The maximum Gasteiger partial charge on any atom is 0.261 e. The molecular weight excluding hydrogens is 410 g/mol. The Balaban J connectivity index is 1.39. The van der Waals surface area contributed by atoms with E-state index in [1.807, 2.05) is 55.5 Å². The van der Waals surface area contributed by atoms with E-state index in [2.05, 4.69) is 5.32 Å². The minimum absolute atomic E-state index is 0.0450. The average molecular weight is 432 g/mol. The SMILES string of the molecule is CCS[C@@H]1Nc2ccccc2N1C(=O)CCN1C(=O)c2cccc3cccc(c23)C1=O. The molecule has 156 valence electrons. The van der Waals surface area contributed by atoms with Crippen molar-refractivity contribution < 1.29 is 14.4 Å². The molecule has 0 saturated heterocycles. The molecule has 0 radical (unpaired) electrons. The van der Waals surface area contributed by atoms with Gasteiger partial charge in [0.25, 0.3) is 11.8 Å². The van der Waals surface area contributed by atoms with Gasteiger partial charge in [-0.1, -0.05) is 43.3 Å². The van der Waals surface area contributed by atoms with Crippen LogP contribution in [-0.4, -0.2) is 40.4 Å². The number of anilines is 2. The number of carbonyl (C=O) groups excluding carboxylic acids is 3. The summed E-state index contributed by atoms with van der Waals surface area (Å²) in [5, 5.41) is 4.93. The highest BCUT2D eigenvalue weighted by atomic mass is 32.2. The summed E-state index contributed by atoms with van der Waals surface area (Å²) in [6.45, 7) is 2.09. The maximum atomic E-state index is 13.2. The molecule has 1 atom stereocenters. The van der Waals surface area contributed by atoms with Crippen LogP contribution in [0.4, 0.5) is 11.4 Å². The summed E-state index contributed by atoms with van der Waals surface area (Å²) < 4.78 is 0. The van der Waals surface area contributed by atoms with E-state index < -0.39 is 0 Å². The van der Waals surface area contributed by atoms with Crippen LogP contribution in [0, 0.1) is 0 Å². The third kappa shape index (κ3) is 3.16. The number of carbonyl (C=O) groups is 3. The number of thioether (sulfide) groups is 1. The van der Waals surface area contributed by atoms with Crippen LogP contribution in [0.25, 0.3) is 10.8 Å². The number of para-hydroxylation sites is 2. The zero-order chi connectivity index (χ0) is 21.5. The Labute approximate surface area is 184 Å². The van der Waals surface area contributed by atoms with Crippen LogP contribution in [-0.2, 0) is 4.79 Å². The standard InChI is InChI=1S/C24H21N3O3S/c1-2-31-24-25-18-11-3-4-12-19(18)27(24)20(28)13-14-26-22(29)16-9-5-7-15-8-6-10-17(21(15)16)23(26)30/h3-12,24-25H,2,13-14H2,1H3/t24-/m1/s1. The minimum atomic E-state index is -0.346. The molecular formula is C24H21N3O3S. The third-order valence-corrected chi connectivity index (χ3v) is 6.65. The molecule has 31 heavy (non-hydrogen) atoms. The highest BCUT2D eigenvalue weighted by Gasteiger charge is 2.36. The van der Waals surface area contributed by atoms with Crippen molar-refractivity contribution in [3.8, 4) is 0 Å². The Bertz CT molecular complexity index is 1170. The number of hydrogen-bond donors (Lipinski definition) is 1. The van der Waals surface area contributed by atoms with E-state index in [0.717, 1.165) is 22.5 Å². The highest BCUT2D eigenvalue weighted by molar-refractivity contribution is 8.00. The molecule has 3 aromatic carbocycles. The van der Waals surface area contributed by atoms with Gasteiger partial charge in [0, 0.05) is 29.5 Å². The summed E-state index contributed by atoms with van der Waals surface area (Å²) in [6.07, 6.45) is 0.0619. The zero-order valence-electron chi connectivity index (χ0n) is 17.0. The summed E-state index contributed by atoms with van der Waals surface area (Å²) in [5.74, 6) is 0.0309. The van der Waals surface area contributed by atoms with E-state index >= 15 is 0 Å². The fourth-order valence-corrected chi connectivity index (χ4v) is 5.19. The Morgan fingerprint density at radius 3 is 2.32 bits per heavy atom. The van der Waals surface area contributed by atoms with Crippen LogP contribution in [0.2, 0.25) is 0 Å². The molecule has 2 aliphatic rings. The van der Waals surface area contributed by atoms with Crippen molar-refractivity contribution in [2.75, 3.05) is 22.5 Å². The molecule has 6 nitrogen and oxygen atoms in total. The van der Waals surface area contributed by atoms with Crippen molar-refractivity contribution in [1.82, 2.24) is 4.90 Å². The number of fused-ring (bicyclic) bond motifs is 1. The second-order valence-corrected chi connectivity index (χ2v) is 8.81. The van der Waals surface area contributed by atoms with Crippen LogP contribution in [0.3, 0.4) is 0 Å². The molecule has 1 N–H and O–H groups in total. The van der Waals surface area contributed by atoms with Gasteiger partial charge < -0.3 is 5.32 Å². The van der Waals surface area contributed by atoms with Gasteiger partial charge in [-0.05, 0) is 35.4 Å². The smallest absolute Gasteiger partial charge is 0.261 e. The number of rotatable bonds is 5. The van der Waals surface area contributed by atoms with E-state index in [1.54, 1.807) is 28.8 Å². The molecule has 2 aliphatic heterocycles. The van der Waals surface area contributed by atoms with Crippen LogP contribution in [0.1, 0.15) is 34.1 Å². The fourth-order valence-electron chi connectivity index (χ4n) is 4.28. The fraction of sp³-hybridized carbons (Fsp3) is 0.208. The predicted octanol–water partition coefficient (Wildman–Crippen LogP) is 4.32. The van der Waals surface area contributed by atoms with Crippen molar-refractivity contribution in [2.24, 2.45) is 0 Å². The van der Waals surface area contributed by atoms with Crippen LogP contribution < -0.4 is 10.2 Å². The summed E-state index contributed by atoms with van der Waals surface area (Å²) in [7, 11) is 0. The number of nitrogens with zero attached hydrogens (tertiary/aromatic N) is 2. The minimum Gasteiger partial charge on any atom is -0.355 e. The lowest BCUT2D eigenvalue weighted by Gasteiger charge is -2.28. The van der Waals surface area contributed by atoms with E-state index in [9.17, 15) is 14.4 Å². The largest absolute Gasteiger partial charge is 0.355 e. The van der Waals surface area contributed by atoms with Crippen LogP contribution >= 0.6 is 11.8 Å². The first-order valence-electron chi connectivity index (χ1n) is 10.3. The second-order valence-electron chi connectivity index (χ2n) is 7.45. The van der Waals surface area contributed by atoms with Gasteiger partial charge in [-0.25, -0.2) is 0 Å². The van der Waals surface area contributed by atoms with E-state index in [4.69, 9.17) is 0 Å². The van der Waals surface area contributed by atoms with E-state index in [1.165, 1.54) is 4.90 Å². The Hall–Kier alpha value is -3.32. The molecule has 7 heteroatoms. The third-order valence-electron chi connectivity index (χ3n) is 5.68. The van der Waals surface area contributed by atoms with Crippen molar-refractivity contribution in [3.63, 3.8) is 0 Å². The lowest BCUT2D eigenvalue weighted by atomic mass is 9.94. The topological polar surface area (TPSA) is 69.7 Å². The van der Waals surface area contributed by atoms with Crippen molar-refractivity contribution >= 4 is 51.6 Å². The van der Waals surface area contributed by atoms with Gasteiger partial charge in [0.05, 0.1) is 11.4 Å². The average Bonchev–Trinajstić information content (AvgIpc) is 3.15. The first-order chi connectivity index (χ1) is 15.1. The lowest BCUT2D eigenvalue weighted by molar-refractivity contribution is -0.118. The van der Waals surface area contributed by atoms with Crippen molar-refractivity contribution in [3.05, 3.63) is 71.8 Å². The number of nitrogens with one attached hydrogen (secondary N) is 1.